The van der Waals surface area contributed by atoms with Gasteiger partial charge in [0.05, 0.1) is 20.8 Å². The molecule has 0 saturated carbocycles. The number of carbonyl (C=O) groups is 2. The number of rotatable bonds is 8. The van der Waals surface area contributed by atoms with Crippen molar-refractivity contribution in [1.29, 1.82) is 0 Å². The normalized spacial score (nSPS) is 10.3. The number of methoxy groups -OCH3 is 2. The van der Waals surface area contributed by atoms with Gasteiger partial charge in [0, 0.05) is 0 Å². The van der Waals surface area contributed by atoms with Crippen LogP contribution in [0.25, 0.3) is 0 Å². The Hall–Kier alpha value is -2.04. The molecule has 0 fully saturated rings. The summed E-state index contributed by atoms with van der Waals surface area (Å²) in [6.07, 6.45) is 1.90. The van der Waals surface area contributed by atoms with Crippen molar-refractivity contribution in [3.05, 3.63) is 29.8 Å². The van der Waals surface area contributed by atoms with Gasteiger partial charge in [0.15, 0.2) is 5.92 Å². The van der Waals surface area contributed by atoms with E-state index in [1.165, 1.54) is 14.2 Å². The van der Waals surface area contributed by atoms with E-state index in [0.717, 1.165) is 17.7 Å². The zero-order chi connectivity index (χ0) is 15.7. The first-order chi connectivity index (χ1) is 10.1. The summed E-state index contributed by atoms with van der Waals surface area (Å²) in [4.78, 5) is 23.1. The summed E-state index contributed by atoms with van der Waals surface area (Å²) in [5.74, 6) is -1.19. The lowest BCUT2D eigenvalue weighted by Crippen LogP contribution is -2.27. The molecular formula is C16H22O5. The van der Waals surface area contributed by atoms with E-state index < -0.39 is 17.9 Å². The summed E-state index contributed by atoms with van der Waals surface area (Å²) in [5.41, 5.74) is 1.02. The van der Waals surface area contributed by atoms with Crippen LogP contribution in [0.2, 0.25) is 0 Å². The molecule has 116 valence electrons. The molecule has 0 aliphatic rings. The molecule has 0 saturated heterocycles. The van der Waals surface area contributed by atoms with E-state index in [-0.39, 0.29) is 0 Å². The SMILES string of the molecule is CCCOc1ccc(CCC(C(=O)OC)C(=O)OC)cc1. The van der Waals surface area contributed by atoms with Crippen LogP contribution < -0.4 is 4.74 Å². The minimum absolute atomic E-state index is 0.356. The van der Waals surface area contributed by atoms with E-state index in [0.29, 0.717) is 19.4 Å². The Morgan fingerprint density at radius 3 is 2.10 bits per heavy atom. The molecule has 0 unspecified atom stereocenters. The van der Waals surface area contributed by atoms with Crippen molar-refractivity contribution in [2.24, 2.45) is 5.92 Å². The number of esters is 2. The zero-order valence-electron chi connectivity index (χ0n) is 12.8. The Morgan fingerprint density at radius 1 is 1.05 bits per heavy atom. The standard InChI is InChI=1S/C16H22O5/c1-4-11-21-13-8-5-12(6-9-13)7-10-14(15(17)19-2)16(18)20-3/h5-6,8-9,14H,4,7,10-11H2,1-3H3. The quantitative estimate of drug-likeness (QED) is 0.544. The summed E-state index contributed by atoms with van der Waals surface area (Å²) in [6, 6.07) is 7.62. The van der Waals surface area contributed by atoms with Crippen molar-refractivity contribution in [1.82, 2.24) is 0 Å². The molecule has 5 nitrogen and oxygen atoms in total. The molecule has 5 heteroatoms. The Balaban J connectivity index is 2.59. The first-order valence-electron chi connectivity index (χ1n) is 6.99. The molecule has 0 amide bonds. The van der Waals surface area contributed by atoms with Crippen molar-refractivity contribution in [3.63, 3.8) is 0 Å². The Kier molecular flexibility index (Phi) is 7.29. The van der Waals surface area contributed by atoms with Crippen LogP contribution in [0, 0.1) is 5.92 Å². The van der Waals surface area contributed by atoms with Crippen LogP contribution in [0.3, 0.4) is 0 Å². The predicted molar refractivity (Wildman–Crippen MR) is 78.1 cm³/mol. The van der Waals surface area contributed by atoms with E-state index in [9.17, 15) is 9.59 Å². The average Bonchev–Trinajstić information content (AvgIpc) is 2.53. The molecule has 1 aromatic rings. The van der Waals surface area contributed by atoms with Crippen molar-refractivity contribution < 1.29 is 23.8 Å². The highest BCUT2D eigenvalue weighted by Gasteiger charge is 2.28. The molecule has 0 spiro atoms. The fraction of sp³-hybridized carbons (Fsp3) is 0.500. The molecule has 1 rings (SSSR count). The molecule has 0 heterocycles. The number of carbonyl (C=O) groups excluding carboxylic acids is 2. The zero-order valence-corrected chi connectivity index (χ0v) is 12.8. The minimum atomic E-state index is -0.879. The second-order valence-electron chi connectivity index (χ2n) is 4.63. The van der Waals surface area contributed by atoms with Gasteiger partial charge in [-0.3, -0.25) is 9.59 Å². The third-order valence-electron chi connectivity index (χ3n) is 3.09. The van der Waals surface area contributed by atoms with Crippen molar-refractivity contribution in [2.45, 2.75) is 26.2 Å². The predicted octanol–water partition coefficient (Wildman–Crippen LogP) is 2.37. The second-order valence-corrected chi connectivity index (χ2v) is 4.63. The molecule has 0 atom stereocenters. The summed E-state index contributed by atoms with van der Waals surface area (Å²) >= 11 is 0. The Bertz CT molecular complexity index is 436. The lowest BCUT2D eigenvalue weighted by molar-refractivity contribution is -0.159. The van der Waals surface area contributed by atoms with Gasteiger partial charge in [0.1, 0.15) is 5.75 Å². The van der Waals surface area contributed by atoms with Crippen LogP contribution in [0.15, 0.2) is 24.3 Å². The van der Waals surface area contributed by atoms with E-state index >= 15 is 0 Å². The third-order valence-corrected chi connectivity index (χ3v) is 3.09. The average molecular weight is 294 g/mol. The van der Waals surface area contributed by atoms with E-state index in [4.69, 9.17) is 4.74 Å². The van der Waals surface area contributed by atoms with Gasteiger partial charge >= 0.3 is 11.9 Å². The molecule has 0 aromatic heterocycles. The highest BCUT2D eigenvalue weighted by Crippen LogP contribution is 2.17. The van der Waals surface area contributed by atoms with Crippen LogP contribution in [-0.4, -0.2) is 32.8 Å². The molecule has 0 radical (unpaired) electrons. The summed E-state index contributed by atoms with van der Waals surface area (Å²) in [6.45, 7) is 2.74. The second kappa shape index (κ2) is 9.00. The number of aryl methyl sites for hydroxylation is 1. The van der Waals surface area contributed by atoms with Crippen LogP contribution >= 0.6 is 0 Å². The Morgan fingerprint density at radius 2 is 1.62 bits per heavy atom. The lowest BCUT2D eigenvalue weighted by atomic mass is 9.99. The smallest absolute Gasteiger partial charge is 0.320 e. The van der Waals surface area contributed by atoms with Gasteiger partial charge in [-0.1, -0.05) is 19.1 Å². The first-order valence-corrected chi connectivity index (χ1v) is 6.99. The monoisotopic (exact) mass is 294 g/mol. The number of ether oxygens (including phenoxy) is 3. The maximum atomic E-state index is 11.6. The van der Waals surface area contributed by atoms with Gasteiger partial charge in [-0.05, 0) is 37.0 Å². The van der Waals surface area contributed by atoms with Crippen LogP contribution in [-0.2, 0) is 25.5 Å². The minimum Gasteiger partial charge on any atom is -0.494 e. The molecule has 21 heavy (non-hydrogen) atoms. The highest BCUT2D eigenvalue weighted by molar-refractivity contribution is 5.94. The number of hydrogen-bond donors (Lipinski definition) is 0. The summed E-state index contributed by atoms with van der Waals surface area (Å²) in [7, 11) is 2.52. The van der Waals surface area contributed by atoms with Crippen molar-refractivity contribution in [3.8, 4) is 5.75 Å². The molecule has 0 bridgehead atoms. The molecule has 0 N–H and O–H groups in total. The maximum Gasteiger partial charge on any atom is 0.320 e. The van der Waals surface area contributed by atoms with Crippen molar-refractivity contribution in [2.75, 3.05) is 20.8 Å². The summed E-state index contributed by atoms with van der Waals surface area (Å²) < 4.78 is 14.8. The third kappa shape index (κ3) is 5.45. The summed E-state index contributed by atoms with van der Waals surface area (Å²) in [5, 5.41) is 0. The molecule has 0 aliphatic heterocycles. The van der Waals surface area contributed by atoms with E-state index in [1.54, 1.807) is 0 Å². The van der Waals surface area contributed by atoms with Gasteiger partial charge in [0.25, 0.3) is 0 Å². The van der Waals surface area contributed by atoms with Gasteiger partial charge in [-0.2, -0.15) is 0 Å². The fourth-order valence-electron chi connectivity index (χ4n) is 1.90. The molecule has 0 aliphatic carbocycles. The molecule has 1 aromatic carbocycles. The number of hydrogen-bond acceptors (Lipinski definition) is 5. The van der Waals surface area contributed by atoms with Gasteiger partial charge in [0.2, 0.25) is 0 Å². The fourth-order valence-corrected chi connectivity index (χ4v) is 1.90. The van der Waals surface area contributed by atoms with E-state index in [1.807, 2.05) is 31.2 Å². The maximum absolute atomic E-state index is 11.6. The first kappa shape index (κ1) is 17.0. The van der Waals surface area contributed by atoms with Crippen LogP contribution in [0.5, 0.6) is 5.75 Å². The van der Waals surface area contributed by atoms with Crippen molar-refractivity contribution >= 4 is 11.9 Å². The van der Waals surface area contributed by atoms with Gasteiger partial charge < -0.3 is 14.2 Å². The molecular weight excluding hydrogens is 272 g/mol. The number of benzene rings is 1. The van der Waals surface area contributed by atoms with Gasteiger partial charge in [-0.15, -0.1) is 0 Å². The highest BCUT2D eigenvalue weighted by atomic mass is 16.5. The largest absolute Gasteiger partial charge is 0.494 e. The van der Waals surface area contributed by atoms with E-state index in [2.05, 4.69) is 9.47 Å². The van der Waals surface area contributed by atoms with Gasteiger partial charge in [-0.25, -0.2) is 0 Å². The topological polar surface area (TPSA) is 61.8 Å². The van der Waals surface area contributed by atoms with Crippen LogP contribution in [0.4, 0.5) is 0 Å². The lowest BCUT2D eigenvalue weighted by Gasteiger charge is -2.12. The van der Waals surface area contributed by atoms with Crippen LogP contribution in [0.1, 0.15) is 25.3 Å². The Labute approximate surface area is 125 Å².